The summed E-state index contributed by atoms with van der Waals surface area (Å²) in [7, 11) is 0. The Morgan fingerprint density at radius 1 is 0.824 bits per heavy atom. The molecule has 0 saturated heterocycles. The van der Waals surface area contributed by atoms with Gasteiger partial charge in [0.05, 0.1) is 5.69 Å². The third-order valence-electron chi connectivity index (χ3n) is 10.1. The summed E-state index contributed by atoms with van der Waals surface area (Å²) in [6.07, 6.45) is 6.58. The molecular weight excluding hydrogens is 808 g/mol. The fourth-order valence-electron chi connectivity index (χ4n) is 6.96. The summed E-state index contributed by atoms with van der Waals surface area (Å²) < 4.78 is 10.7. The first kappa shape index (κ1) is 36.3. The third-order valence-corrected chi connectivity index (χ3v) is 10.1. The number of hydrogen-bond acceptors (Lipinski definition) is 3. The van der Waals surface area contributed by atoms with E-state index in [1.54, 1.807) is 0 Å². The minimum Gasteiger partial charge on any atom is -0.509 e. The number of rotatable bonds is 10. The molecule has 0 saturated carbocycles. The predicted molar refractivity (Wildman–Crippen MR) is 206 cm³/mol. The molecule has 0 aliphatic heterocycles. The van der Waals surface area contributed by atoms with E-state index in [1.165, 1.54) is 35.8 Å². The maximum Gasteiger partial charge on any atom is 2.00 e. The van der Waals surface area contributed by atoms with Crippen molar-refractivity contribution in [2.24, 2.45) is 5.41 Å². The van der Waals surface area contributed by atoms with Crippen LogP contribution in [0.2, 0.25) is 0 Å². The number of benzene rings is 4. The molecule has 7 aromatic rings. The number of aryl methyl sites for hydroxylation is 2. The van der Waals surface area contributed by atoms with Gasteiger partial charge in [-0.25, -0.2) is 4.98 Å². The number of nitrogens with zero attached hydrogens (tertiary/aromatic N) is 4. The molecule has 51 heavy (non-hydrogen) atoms. The second kappa shape index (κ2) is 15.0. The van der Waals surface area contributed by atoms with Crippen molar-refractivity contribution in [2.75, 3.05) is 0 Å². The van der Waals surface area contributed by atoms with Crippen molar-refractivity contribution in [3.05, 3.63) is 132 Å². The summed E-state index contributed by atoms with van der Waals surface area (Å²) in [5.41, 5.74) is 9.99. The van der Waals surface area contributed by atoms with Crippen molar-refractivity contribution in [1.82, 2.24) is 19.3 Å². The quantitative estimate of drug-likeness (QED) is 0.102. The van der Waals surface area contributed by atoms with Gasteiger partial charge >= 0.3 is 21.1 Å². The zero-order chi connectivity index (χ0) is 35.0. The van der Waals surface area contributed by atoms with Crippen molar-refractivity contribution in [3.8, 4) is 34.1 Å². The molecular formula is C45H46N4OPt. The van der Waals surface area contributed by atoms with Crippen LogP contribution in [0.1, 0.15) is 82.3 Å². The van der Waals surface area contributed by atoms with E-state index in [0.717, 1.165) is 56.9 Å². The topological polar surface area (TPSA) is 44.9 Å². The van der Waals surface area contributed by atoms with Crippen molar-refractivity contribution in [1.29, 1.82) is 0 Å². The van der Waals surface area contributed by atoms with Crippen molar-refractivity contribution >= 4 is 21.8 Å². The Balaban J connectivity index is 0.00000448. The maximum absolute atomic E-state index is 6.51. The Morgan fingerprint density at radius 2 is 1.61 bits per heavy atom. The fraction of sp³-hybridized carbons (Fsp3) is 0.289. The summed E-state index contributed by atoms with van der Waals surface area (Å²) in [6, 6.07) is 38.9. The molecule has 0 radical (unpaired) electrons. The largest absolute Gasteiger partial charge is 2.00 e. The monoisotopic (exact) mass is 853 g/mol. The normalized spacial score (nSPS) is 12.3. The van der Waals surface area contributed by atoms with Gasteiger partial charge in [-0.2, -0.15) is 17.2 Å². The molecule has 0 fully saturated rings. The summed E-state index contributed by atoms with van der Waals surface area (Å²) in [5.74, 6) is 2.52. The standard InChI is InChI=1S/C45H46N4O.Pt/c1-8-9-11-15-33-24-25-46-43(26-33)48-41-23-20-35(30(2)45(5,6)7)27-40(41)39-22-21-38(29-42(39)48)50-37-19-14-18-36(28-37)49-32(4)44(31(3)47-49)34-16-12-10-13-17-34;/h10,12-14,16-27,30H,8-9,11,15H2,1-7H3;/q-2;+2. The molecule has 262 valence electrons. The number of hydrogen-bond donors (Lipinski definition) is 0. The average Bonchev–Trinajstić information content (AvgIpc) is 3.60. The molecule has 5 nitrogen and oxygen atoms in total. The molecule has 3 aromatic heterocycles. The molecule has 0 N–H and O–H groups in total. The summed E-state index contributed by atoms with van der Waals surface area (Å²) in [5, 5.41) is 7.22. The van der Waals surface area contributed by atoms with Crippen LogP contribution in [0, 0.1) is 31.4 Å². The molecule has 3 heterocycles. The van der Waals surface area contributed by atoms with Crippen LogP contribution < -0.4 is 4.74 Å². The van der Waals surface area contributed by atoms with Gasteiger partial charge in [-0.05, 0) is 84.0 Å². The van der Waals surface area contributed by atoms with Gasteiger partial charge in [0, 0.05) is 34.5 Å². The number of aromatic nitrogens is 4. The van der Waals surface area contributed by atoms with E-state index in [-0.39, 0.29) is 26.5 Å². The van der Waals surface area contributed by atoms with Crippen molar-refractivity contribution < 1.29 is 25.8 Å². The van der Waals surface area contributed by atoms with Gasteiger partial charge in [-0.1, -0.05) is 95.4 Å². The minimum atomic E-state index is 0. The number of pyridine rings is 1. The van der Waals surface area contributed by atoms with E-state index in [2.05, 4.69) is 126 Å². The van der Waals surface area contributed by atoms with Crippen LogP contribution in [0.15, 0.2) is 97.2 Å². The number of fused-ring (bicyclic) bond motifs is 3. The van der Waals surface area contributed by atoms with E-state index >= 15 is 0 Å². The van der Waals surface area contributed by atoms with E-state index in [9.17, 15) is 0 Å². The molecule has 7 rings (SSSR count). The Kier molecular flexibility index (Phi) is 10.7. The summed E-state index contributed by atoms with van der Waals surface area (Å²) >= 11 is 0. The van der Waals surface area contributed by atoms with E-state index in [0.29, 0.717) is 17.4 Å². The van der Waals surface area contributed by atoms with E-state index in [1.807, 2.05) is 41.2 Å². The van der Waals surface area contributed by atoms with Crippen molar-refractivity contribution in [3.63, 3.8) is 0 Å². The zero-order valence-electron chi connectivity index (χ0n) is 30.7. The summed E-state index contributed by atoms with van der Waals surface area (Å²) in [6.45, 7) is 15.6. The molecule has 1 atom stereocenters. The minimum absolute atomic E-state index is 0. The zero-order valence-corrected chi connectivity index (χ0v) is 32.9. The number of ether oxygens (including phenoxy) is 1. The summed E-state index contributed by atoms with van der Waals surface area (Å²) in [4.78, 5) is 4.89. The van der Waals surface area contributed by atoms with Crippen LogP contribution in [0.4, 0.5) is 0 Å². The van der Waals surface area contributed by atoms with Gasteiger partial charge in [0.2, 0.25) is 0 Å². The maximum atomic E-state index is 6.51. The second-order valence-corrected chi connectivity index (χ2v) is 14.6. The van der Waals surface area contributed by atoms with Crippen LogP contribution >= 0.6 is 0 Å². The Bertz CT molecular complexity index is 2290. The van der Waals surface area contributed by atoms with Crippen molar-refractivity contribution in [2.45, 2.75) is 80.1 Å². The van der Waals surface area contributed by atoms with E-state index in [4.69, 9.17) is 14.8 Å². The van der Waals surface area contributed by atoms with Gasteiger partial charge in [0.25, 0.3) is 0 Å². The molecule has 0 amide bonds. The number of unbranched alkanes of at least 4 members (excludes halogenated alkanes) is 2. The van der Waals surface area contributed by atoms with Gasteiger partial charge < -0.3 is 9.30 Å². The molecule has 0 bridgehead atoms. The molecule has 0 aliphatic rings. The Hall–Kier alpha value is -4.47. The van der Waals surface area contributed by atoms with Gasteiger partial charge in [-0.3, -0.25) is 4.68 Å². The molecule has 1 unspecified atom stereocenters. The van der Waals surface area contributed by atoms with Crippen LogP contribution in [-0.2, 0) is 27.5 Å². The molecule has 0 aliphatic carbocycles. The van der Waals surface area contributed by atoms with Gasteiger partial charge in [-0.15, -0.1) is 35.7 Å². The van der Waals surface area contributed by atoms with Crippen LogP contribution in [0.25, 0.3) is 44.4 Å². The Labute approximate surface area is 317 Å². The van der Waals surface area contributed by atoms with Crippen LogP contribution in [0.3, 0.4) is 0 Å². The second-order valence-electron chi connectivity index (χ2n) is 14.6. The fourth-order valence-corrected chi connectivity index (χ4v) is 6.96. The molecule has 6 heteroatoms. The first-order valence-corrected chi connectivity index (χ1v) is 17.9. The van der Waals surface area contributed by atoms with Crippen LogP contribution in [0.5, 0.6) is 11.5 Å². The average molecular weight is 854 g/mol. The third kappa shape index (κ3) is 7.32. The SMILES string of the molecule is CCCCCc1ccnc(-n2c3[c-]c(Oc4[c-]c(-n5nc(C)c(-c6ccccc6)c5C)ccc4)ccc3c3cc(C(C)C(C)(C)C)ccc32)c1.[Pt+2]. The Morgan fingerprint density at radius 3 is 2.37 bits per heavy atom. The first-order valence-electron chi connectivity index (χ1n) is 17.9. The predicted octanol–water partition coefficient (Wildman–Crippen LogP) is 11.9. The smallest absolute Gasteiger partial charge is 0.509 e. The van der Waals surface area contributed by atoms with E-state index < -0.39 is 0 Å². The molecule has 0 spiro atoms. The first-order chi connectivity index (χ1) is 24.1. The molecule has 4 aromatic carbocycles. The van der Waals surface area contributed by atoms with Gasteiger partial charge in [0.15, 0.2) is 0 Å². The van der Waals surface area contributed by atoms with Gasteiger partial charge in [0.1, 0.15) is 5.82 Å². The van der Waals surface area contributed by atoms with Crippen LogP contribution in [-0.4, -0.2) is 19.3 Å².